The molecular formula is C16H18N6O3. The molecule has 2 rings (SSSR count). The van der Waals surface area contributed by atoms with E-state index >= 15 is 0 Å². The van der Waals surface area contributed by atoms with Crippen molar-refractivity contribution < 1.29 is 9.72 Å². The van der Waals surface area contributed by atoms with Gasteiger partial charge in [0.15, 0.2) is 0 Å². The zero-order valence-corrected chi connectivity index (χ0v) is 13.3. The number of nitrogens with two attached hydrogens (primary N) is 2. The van der Waals surface area contributed by atoms with E-state index in [2.05, 4.69) is 15.6 Å². The number of hydrogen-bond acceptors (Lipinski definition) is 7. The summed E-state index contributed by atoms with van der Waals surface area (Å²) in [5.41, 5.74) is 13.2. The summed E-state index contributed by atoms with van der Waals surface area (Å²) >= 11 is 0. The lowest BCUT2D eigenvalue weighted by molar-refractivity contribution is -0.385. The second-order valence-electron chi connectivity index (χ2n) is 5.10. The van der Waals surface area contributed by atoms with Crippen molar-refractivity contribution in [3.8, 4) is 0 Å². The highest BCUT2D eigenvalue weighted by Crippen LogP contribution is 2.16. The van der Waals surface area contributed by atoms with Gasteiger partial charge in [-0.3, -0.25) is 14.9 Å². The molecular weight excluding hydrogens is 324 g/mol. The van der Waals surface area contributed by atoms with Crippen LogP contribution in [0.25, 0.3) is 6.08 Å². The Morgan fingerprint density at radius 3 is 2.72 bits per heavy atom. The fraction of sp³-hybridized carbons (Fsp3) is 0.125. The van der Waals surface area contributed by atoms with Crippen LogP contribution < -0.4 is 22.1 Å². The Balaban J connectivity index is 1.76. The molecule has 0 bridgehead atoms. The van der Waals surface area contributed by atoms with Crippen LogP contribution in [-0.4, -0.2) is 28.9 Å². The third-order valence-corrected chi connectivity index (χ3v) is 3.21. The van der Waals surface area contributed by atoms with Gasteiger partial charge in [0, 0.05) is 36.6 Å². The van der Waals surface area contributed by atoms with Crippen molar-refractivity contribution >= 4 is 34.9 Å². The SMILES string of the molecule is Nc1ccc(N)c(C=CC(=O)NCCNc2ccc([N+](=O)[O-])cn2)c1. The molecule has 6 N–H and O–H groups in total. The Hall–Kier alpha value is -3.62. The van der Waals surface area contributed by atoms with Crippen LogP contribution in [0.15, 0.2) is 42.6 Å². The number of pyridine rings is 1. The van der Waals surface area contributed by atoms with E-state index in [1.54, 1.807) is 24.3 Å². The van der Waals surface area contributed by atoms with E-state index in [1.165, 1.54) is 24.4 Å². The molecule has 0 saturated carbocycles. The van der Waals surface area contributed by atoms with E-state index in [9.17, 15) is 14.9 Å². The van der Waals surface area contributed by atoms with Crippen molar-refractivity contribution in [3.63, 3.8) is 0 Å². The molecule has 0 unspecified atom stereocenters. The van der Waals surface area contributed by atoms with Gasteiger partial charge in [0.1, 0.15) is 12.0 Å². The van der Waals surface area contributed by atoms with Crippen LogP contribution >= 0.6 is 0 Å². The number of nitrogens with zero attached hydrogens (tertiary/aromatic N) is 2. The molecule has 0 atom stereocenters. The maximum atomic E-state index is 11.8. The summed E-state index contributed by atoms with van der Waals surface area (Å²) in [5.74, 6) is 0.211. The molecule has 0 aliphatic rings. The van der Waals surface area contributed by atoms with Gasteiger partial charge < -0.3 is 22.1 Å². The van der Waals surface area contributed by atoms with E-state index < -0.39 is 4.92 Å². The van der Waals surface area contributed by atoms with Gasteiger partial charge in [-0.05, 0) is 35.9 Å². The lowest BCUT2D eigenvalue weighted by atomic mass is 10.1. The fourth-order valence-corrected chi connectivity index (χ4v) is 1.94. The van der Waals surface area contributed by atoms with Gasteiger partial charge in [0.05, 0.1) is 4.92 Å². The number of carbonyl (C=O) groups excluding carboxylic acids is 1. The first-order chi connectivity index (χ1) is 12.0. The lowest BCUT2D eigenvalue weighted by Crippen LogP contribution is -2.27. The standard InChI is InChI=1S/C16H18N6O3/c17-12-2-4-14(18)11(9-12)1-6-16(23)20-8-7-19-15-5-3-13(10-21-15)22(24)25/h1-6,9-10H,7-8,17-18H2,(H,19,21)(H,20,23). The molecule has 1 aromatic carbocycles. The Morgan fingerprint density at radius 1 is 1.24 bits per heavy atom. The second kappa shape index (κ2) is 8.29. The highest BCUT2D eigenvalue weighted by Gasteiger charge is 2.04. The van der Waals surface area contributed by atoms with Crippen LogP contribution in [0.2, 0.25) is 0 Å². The summed E-state index contributed by atoms with van der Waals surface area (Å²) in [7, 11) is 0. The molecule has 0 fully saturated rings. The Kier molecular flexibility index (Phi) is 5.88. The highest BCUT2D eigenvalue weighted by molar-refractivity contribution is 5.92. The van der Waals surface area contributed by atoms with Gasteiger partial charge in [-0.15, -0.1) is 0 Å². The number of anilines is 3. The van der Waals surface area contributed by atoms with E-state index in [0.717, 1.165) is 0 Å². The molecule has 0 spiro atoms. The minimum Gasteiger partial charge on any atom is -0.399 e. The quantitative estimate of drug-likeness (QED) is 0.195. The molecule has 0 saturated heterocycles. The van der Waals surface area contributed by atoms with E-state index in [1.807, 2.05) is 0 Å². The van der Waals surface area contributed by atoms with Crippen molar-refractivity contribution in [2.24, 2.45) is 0 Å². The number of carbonyl (C=O) groups is 1. The normalized spacial score (nSPS) is 10.6. The number of nitrogens with one attached hydrogen (secondary N) is 2. The topological polar surface area (TPSA) is 149 Å². The minimum absolute atomic E-state index is 0.0789. The average Bonchev–Trinajstić information content (AvgIpc) is 2.60. The lowest BCUT2D eigenvalue weighted by Gasteiger charge is -2.06. The third-order valence-electron chi connectivity index (χ3n) is 3.21. The number of aromatic nitrogens is 1. The van der Waals surface area contributed by atoms with Crippen LogP contribution in [0.5, 0.6) is 0 Å². The van der Waals surface area contributed by atoms with Gasteiger partial charge in [-0.1, -0.05) is 0 Å². The highest BCUT2D eigenvalue weighted by atomic mass is 16.6. The number of benzene rings is 1. The van der Waals surface area contributed by atoms with E-state index in [4.69, 9.17) is 11.5 Å². The first-order valence-corrected chi connectivity index (χ1v) is 7.41. The number of amides is 1. The second-order valence-corrected chi connectivity index (χ2v) is 5.10. The summed E-state index contributed by atoms with van der Waals surface area (Å²) < 4.78 is 0. The Labute approximate surface area is 143 Å². The molecule has 1 amide bonds. The van der Waals surface area contributed by atoms with Crippen LogP contribution in [-0.2, 0) is 4.79 Å². The maximum Gasteiger partial charge on any atom is 0.287 e. The predicted molar refractivity (Wildman–Crippen MR) is 96.7 cm³/mol. The summed E-state index contributed by atoms with van der Waals surface area (Å²) in [6.45, 7) is 0.777. The summed E-state index contributed by atoms with van der Waals surface area (Å²) in [4.78, 5) is 25.7. The molecule has 0 aliphatic heterocycles. The monoisotopic (exact) mass is 342 g/mol. The Morgan fingerprint density at radius 2 is 2.04 bits per heavy atom. The number of nitro groups is 1. The number of nitrogen functional groups attached to an aromatic ring is 2. The predicted octanol–water partition coefficient (Wildman–Crippen LogP) is 1.40. The minimum atomic E-state index is -0.517. The third kappa shape index (κ3) is 5.50. The molecule has 25 heavy (non-hydrogen) atoms. The maximum absolute atomic E-state index is 11.8. The van der Waals surface area contributed by atoms with Gasteiger partial charge in [0.2, 0.25) is 5.91 Å². The zero-order valence-electron chi connectivity index (χ0n) is 13.3. The van der Waals surface area contributed by atoms with Crippen LogP contribution in [0.1, 0.15) is 5.56 Å². The van der Waals surface area contributed by atoms with Crippen LogP contribution in [0.3, 0.4) is 0 Å². The van der Waals surface area contributed by atoms with Crippen molar-refractivity contribution in [1.29, 1.82) is 0 Å². The van der Waals surface area contributed by atoms with E-state index in [0.29, 0.717) is 35.8 Å². The first kappa shape index (κ1) is 17.7. The summed E-state index contributed by atoms with van der Waals surface area (Å²) in [6, 6.07) is 7.90. The van der Waals surface area contributed by atoms with Gasteiger partial charge in [-0.25, -0.2) is 4.98 Å². The van der Waals surface area contributed by atoms with Gasteiger partial charge in [-0.2, -0.15) is 0 Å². The van der Waals surface area contributed by atoms with Crippen molar-refractivity contribution in [2.45, 2.75) is 0 Å². The average molecular weight is 342 g/mol. The van der Waals surface area contributed by atoms with Crippen LogP contribution in [0, 0.1) is 10.1 Å². The summed E-state index contributed by atoms with van der Waals surface area (Å²) in [6.07, 6.45) is 4.13. The largest absolute Gasteiger partial charge is 0.399 e. The number of hydrogen-bond donors (Lipinski definition) is 4. The molecule has 9 heteroatoms. The van der Waals surface area contributed by atoms with Gasteiger partial charge in [0.25, 0.3) is 5.69 Å². The molecule has 1 aromatic heterocycles. The first-order valence-electron chi connectivity index (χ1n) is 7.41. The van der Waals surface area contributed by atoms with Crippen molar-refractivity contribution in [2.75, 3.05) is 29.9 Å². The fourth-order valence-electron chi connectivity index (χ4n) is 1.94. The summed E-state index contributed by atoms with van der Waals surface area (Å²) in [5, 5.41) is 16.2. The smallest absolute Gasteiger partial charge is 0.287 e. The molecule has 0 radical (unpaired) electrons. The molecule has 130 valence electrons. The van der Waals surface area contributed by atoms with Gasteiger partial charge >= 0.3 is 0 Å². The zero-order chi connectivity index (χ0) is 18.2. The van der Waals surface area contributed by atoms with Crippen LogP contribution in [0.4, 0.5) is 22.9 Å². The molecule has 1 heterocycles. The van der Waals surface area contributed by atoms with E-state index in [-0.39, 0.29) is 11.6 Å². The molecule has 0 aliphatic carbocycles. The van der Waals surface area contributed by atoms with Crippen molar-refractivity contribution in [3.05, 3.63) is 58.3 Å². The van der Waals surface area contributed by atoms with Crippen molar-refractivity contribution in [1.82, 2.24) is 10.3 Å². The molecule has 2 aromatic rings. The molecule has 9 nitrogen and oxygen atoms in total. The Bertz CT molecular complexity index is 789. The number of rotatable bonds is 7.